The molecule has 3 heterocycles. The zero-order chi connectivity index (χ0) is 23.0. The molecule has 4 rings (SSSR count). The van der Waals surface area contributed by atoms with Crippen molar-refractivity contribution in [2.45, 2.75) is 39.3 Å². The van der Waals surface area contributed by atoms with Gasteiger partial charge in [-0.15, -0.1) is 0 Å². The fourth-order valence-corrected chi connectivity index (χ4v) is 3.63. The number of benzene rings is 1. The van der Waals surface area contributed by atoms with E-state index in [-0.39, 0.29) is 36.8 Å². The lowest BCUT2D eigenvalue weighted by Gasteiger charge is -2.22. The summed E-state index contributed by atoms with van der Waals surface area (Å²) >= 11 is 0. The first-order valence-electron chi connectivity index (χ1n) is 9.84. The van der Waals surface area contributed by atoms with Gasteiger partial charge in [-0.3, -0.25) is 9.78 Å². The van der Waals surface area contributed by atoms with Gasteiger partial charge < -0.3 is 15.4 Å². The Kier molecular flexibility index (Phi) is 5.68. The highest BCUT2D eigenvalue weighted by Crippen LogP contribution is 2.33. The summed E-state index contributed by atoms with van der Waals surface area (Å²) in [5.74, 6) is -1.12. The molecule has 1 aromatic carbocycles. The smallest absolute Gasteiger partial charge is 0.383 e. The van der Waals surface area contributed by atoms with Gasteiger partial charge in [-0.05, 0) is 18.1 Å². The van der Waals surface area contributed by atoms with Gasteiger partial charge >= 0.3 is 6.18 Å². The van der Waals surface area contributed by atoms with Crippen LogP contribution in [0.2, 0.25) is 0 Å². The Morgan fingerprint density at radius 2 is 1.94 bits per heavy atom. The number of pyridine rings is 1. The van der Waals surface area contributed by atoms with Crippen LogP contribution in [-0.2, 0) is 30.7 Å². The highest BCUT2D eigenvalue weighted by atomic mass is 19.4. The molecule has 0 atom stereocenters. The van der Waals surface area contributed by atoms with Crippen LogP contribution in [0.1, 0.15) is 46.2 Å². The standard InChI is InChI=1S/C21H19F4N5O2/c1-2-3-30(8-11-6-28-18(7-27-11)21(23,24)25)20(31)13-4-12-14-9-32-10-15(14)19(26)29-17(12)5-16(13)22/h4-7H,2-3,8-10H2,1H3,(H2,26,29). The number of aromatic nitrogens is 3. The number of carbonyl (C=O) groups is 1. The number of fused-ring (bicyclic) bond motifs is 3. The Hall–Kier alpha value is -3.34. The lowest BCUT2D eigenvalue weighted by molar-refractivity contribution is -0.141. The largest absolute Gasteiger partial charge is 0.434 e. The van der Waals surface area contributed by atoms with Crippen molar-refractivity contribution < 1.29 is 27.1 Å². The molecule has 0 bridgehead atoms. The first-order chi connectivity index (χ1) is 15.2. The van der Waals surface area contributed by atoms with Gasteiger partial charge in [-0.2, -0.15) is 13.2 Å². The third-order valence-electron chi connectivity index (χ3n) is 5.18. The lowest BCUT2D eigenvalue weighted by atomic mass is 10.0. The van der Waals surface area contributed by atoms with E-state index >= 15 is 0 Å². The number of ether oxygens (including phenoxy) is 1. The number of nitrogens with two attached hydrogens (primary N) is 1. The summed E-state index contributed by atoms with van der Waals surface area (Å²) in [7, 11) is 0. The van der Waals surface area contributed by atoms with E-state index in [0.717, 1.165) is 17.8 Å². The molecule has 0 fully saturated rings. The number of nitrogen functional groups attached to an aromatic ring is 1. The number of carbonyl (C=O) groups excluding carboxylic acids is 1. The first-order valence-corrected chi connectivity index (χ1v) is 9.84. The minimum atomic E-state index is -4.61. The Morgan fingerprint density at radius 1 is 1.19 bits per heavy atom. The van der Waals surface area contributed by atoms with E-state index in [4.69, 9.17) is 10.5 Å². The number of alkyl halides is 3. The molecule has 3 aromatic rings. The normalized spacial score (nSPS) is 13.4. The van der Waals surface area contributed by atoms with Gasteiger partial charge in [-0.1, -0.05) is 6.92 Å². The molecule has 1 amide bonds. The highest BCUT2D eigenvalue weighted by Gasteiger charge is 2.33. The SMILES string of the molecule is CCCN(Cc1cnc(C(F)(F)F)cn1)C(=O)c1cc2c3c(c(N)nc2cc1F)COC3. The van der Waals surface area contributed by atoms with Crippen molar-refractivity contribution in [2.75, 3.05) is 12.3 Å². The van der Waals surface area contributed by atoms with Crippen molar-refractivity contribution in [3.8, 4) is 0 Å². The van der Waals surface area contributed by atoms with Crippen LogP contribution >= 0.6 is 0 Å². The molecule has 0 spiro atoms. The van der Waals surface area contributed by atoms with E-state index in [1.54, 1.807) is 0 Å². The van der Waals surface area contributed by atoms with Crippen molar-refractivity contribution in [3.05, 3.63) is 58.4 Å². The predicted octanol–water partition coefficient (Wildman–Crippen LogP) is 3.85. The minimum Gasteiger partial charge on any atom is -0.383 e. The fourth-order valence-electron chi connectivity index (χ4n) is 3.63. The second kappa shape index (κ2) is 8.30. The molecule has 1 aliphatic heterocycles. The van der Waals surface area contributed by atoms with Gasteiger partial charge in [0.25, 0.3) is 5.91 Å². The molecule has 0 saturated heterocycles. The molecule has 7 nitrogen and oxygen atoms in total. The van der Waals surface area contributed by atoms with Crippen LogP contribution < -0.4 is 5.73 Å². The molecule has 0 unspecified atom stereocenters. The maximum absolute atomic E-state index is 14.9. The molecule has 2 aromatic heterocycles. The van der Waals surface area contributed by atoms with Crippen LogP contribution in [0, 0.1) is 5.82 Å². The van der Waals surface area contributed by atoms with E-state index in [9.17, 15) is 22.4 Å². The molecule has 1 aliphatic rings. The second-order valence-corrected chi connectivity index (χ2v) is 7.41. The summed E-state index contributed by atoms with van der Waals surface area (Å²) in [6.07, 6.45) is -2.48. The quantitative estimate of drug-likeness (QED) is 0.595. The summed E-state index contributed by atoms with van der Waals surface area (Å²) in [4.78, 5) is 25.8. The van der Waals surface area contributed by atoms with Gasteiger partial charge in [0.2, 0.25) is 0 Å². The van der Waals surface area contributed by atoms with Gasteiger partial charge in [0, 0.05) is 23.6 Å². The summed E-state index contributed by atoms with van der Waals surface area (Å²) in [5.41, 5.74) is 6.57. The minimum absolute atomic E-state index is 0.115. The molecule has 0 radical (unpaired) electrons. The molecule has 0 saturated carbocycles. The summed E-state index contributed by atoms with van der Waals surface area (Å²) in [6, 6.07) is 2.58. The van der Waals surface area contributed by atoms with Crippen molar-refractivity contribution in [1.82, 2.24) is 19.9 Å². The third-order valence-corrected chi connectivity index (χ3v) is 5.18. The van der Waals surface area contributed by atoms with Crippen LogP contribution in [0.25, 0.3) is 10.9 Å². The fraction of sp³-hybridized carbons (Fsp3) is 0.333. The predicted molar refractivity (Wildman–Crippen MR) is 107 cm³/mol. The number of rotatable bonds is 5. The van der Waals surface area contributed by atoms with E-state index < -0.39 is 23.6 Å². The maximum atomic E-state index is 14.9. The lowest BCUT2D eigenvalue weighted by Crippen LogP contribution is -2.32. The molecule has 11 heteroatoms. The molecule has 0 aliphatic carbocycles. The number of halogens is 4. The van der Waals surface area contributed by atoms with Crippen LogP contribution in [0.5, 0.6) is 0 Å². The zero-order valence-electron chi connectivity index (χ0n) is 17.0. The average Bonchev–Trinajstić information content (AvgIpc) is 3.23. The van der Waals surface area contributed by atoms with E-state index in [1.807, 2.05) is 6.92 Å². The molecule has 2 N–H and O–H groups in total. The topological polar surface area (TPSA) is 94.2 Å². The van der Waals surface area contributed by atoms with Crippen molar-refractivity contribution in [1.29, 1.82) is 0 Å². The van der Waals surface area contributed by atoms with Crippen LogP contribution in [-0.4, -0.2) is 32.3 Å². The van der Waals surface area contributed by atoms with E-state index in [2.05, 4.69) is 15.0 Å². The Bertz CT molecular complexity index is 1180. The van der Waals surface area contributed by atoms with E-state index in [0.29, 0.717) is 35.7 Å². The van der Waals surface area contributed by atoms with Gasteiger partial charge in [0.05, 0.1) is 48.9 Å². The van der Waals surface area contributed by atoms with Crippen LogP contribution in [0.15, 0.2) is 24.5 Å². The Morgan fingerprint density at radius 3 is 2.59 bits per heavy atom. The second-order valence-electron chi connectivity index (χ2n) is 7.41. The molecule has 32 heavy (non-hydrogen) atoms. The monoisotopic (exact) mass is 449 g/mol. The summed E-state index contributed by atoms with van der Waals surface area (Å²) in [6.45, 7) is 2.53. The zero-order valence-corrected chi connectivity index (χ0v) is 17.0. The van der Waals surface area contributed by atoms with Crippen molar-refractivity contribution in [2.24, 2.45) is 0 Å². The van der Waals surface area contributed by atoms with Crippen molar-refractivity contribution in [3.63, 3.8) is 0 Å². The average molecular weight is 449 g/mol. The van der Waals surface area contributed by atoms with Crippen LogP contribution in [0.3, 0.4) is 0 Å². The van der Waals surface area contributed by atoms with Crippen LogP contribution in [0.4, 0.5) is 23.4 Å². The Balaban J connectivity index is 1.67. The van der Waals surface area contributed by atoms with Gasteiger partial charge in [0.15, 0.2) is 5.69 Å². The molecular formula is C21H19F4N5O2. The maximum Gasteiger partial charge on any atom is 0.434 e. The molecular weight excluding hydrogens is 430 g/mol. The van der Waals surface area contributed by atoms with Gasteiger partial charge in [0.1, 0.15) is 11.6 Å². The first kappa shape index (κ1) is 21.9. The van der Waals surface area contributed by atoms with Gasteiger partial charge in [-0.25, -0.2) is 14.4 Å². The Labute approximate surface area is 180 Å². The number of hydrogen-bond acceptors (Lipinski definition) is 6. The highest BCUT2D eigenvalue weighted by molar-refractivity contribution is 5.99. The number of amides is 1. The number of anilines is 1. The number of nitrogens with zero attached hydrogens (tertiary/aromatic N) is 4. The third kappa shape index (κ3) is 4.07. The summed E-state index contributed by atoms with van der Waals surface area (Å²) in [5, 5.41) is 0.572. The van der Waals surface area contributed by atoms with E-state index in [1.165, 1.54) is 11.0 Å². The summed E-state index contributed by atoms with van der Waals surface area (Å²) < 4.78 is 58.4. The molecule has 168 valence electrons. The van der Waals surface area contributed by atoms with Crippen molar-refractivity contribution >= 4 is 22.6 Å². The number of hydrogen-bond donors (Lipinski definition) is 1.